The first-order valence-corrected chi connectivity index (χ1v) is 6.98. The van der Waals surface area contributed by atoms with E-state index >= 15 is 0 Å². The van der Waals surface area contributed by atoms with Crippen LogP contribution in [-0.4, -0.2) is 5.91 Å². The van der Waals surface area contributed by atoms with Gasteiger partial charge in [-0.1, -0.05) is 26.0 Å². The van der Waals surface area contributed by atoms with E-state index in [4.69, 9.17) is 16.2 Å². The second-order valence-corrected chi connectivity index (χ2v) is 5.10. The topological polar surface area (TPSA) is 78.3 Å². The second-order valence-electron chi connectivity index (χ2n) is 5.10. The Labute approximate surface area is 124 Å². The lowest BCUT2D eigenvalue weighted by Crippen LogP contribution is -2.11. The predicted octanol–water partition coefficient (Wildman–Crippen LogP) is 3.67. The van der Waals surface area contributed by atoms with Crippen LogP contribution in [0.15, 0.2) is 42.5 Å². The fourth-order valence-corrected chi connectivity index (χ4v) is 2.00. The van der Waals surface area contributed by atoms with Crippen LogP contribution in [-0.2, 0) is 0 Å². The maximum absolute atomic E-state index is 11.2. The summed E-state index contributed by atoms with van der Waals surface area (Å²) in [6.45, 7) is 4.34. The summed E-state index contributed by atoms with van der Waals surface area (Å²) < 4.78 is 5.74. The number of carbonyl (C=O) groups is 1. The molecular formula is C17H20N2O2. The SMILES string of the molecule is CCC(C)c1ccc(Oc2cc(C(N)=O)ccc2N)cc1. The lowest BCUT2D eigenvalue weighted by atomic mass is 9.99. The molecule has 0 saturated carbocycles. The normalized spacial score (nSPS) is 11.9. The third-order valence-electron chi connectivity index (χ3n) is 3.59. The van der Waals surface area contributed by atoms with Gasteiger partial charge in [0.25, 0.3) is 0 Å². The number of primary amides is 1. The zero-order valence-electron chi connectivity index (χ0n) is 12.3. The molecule has 1 unspecified atom stereocenters. The molecule has 1 amide bonds. The first kappa shape index (κ1) is 14.9. The van der Waals surface area contributed by atoms with Gasteiger partial charge in [-0.25, -0.2) is 0 Å². The highest BCUT2D eigenvalue weighted by molar-refractivity contribution is 5.93. The van der Waals surface area contributed by atoms with E-state index in [2.05, 4.69) is 13.8 Å². The summed E-state index contributed by atoms with van der Waals surface area (Å²) >= 11 is 0. The molecule has 4 nitrogen and oxygen atoms in total. The molecule has 1 atom stereocenters. The van der Waals surface area contributed by atoms with Gasteiger partial charge in [0.2, 0.25) is 5.91 Å². The summed E-state index contributed by atoms with van der Waals surface area (Å²) in [7, 11) is 0. The summed E-state index contributed by atoms with van der Waals surface area (Å²) in [6.07, 6.45) is 1.09. The first-order valence-electron chi connectivity index (χ1n) is 6.98. The lowest BCUT2D eigenvalue weighted by Gasteiger charge is -2.12. The Balaban J connectivity index is 2.22. The monoisotopic (exact) mass is 284 g/mol. The highest BCUT2D eigenvalue weighted by atomic mass is 16.5. The number of amides is 1. The van der Waals surface area contributed by atoms with Gasteiger partial charge in [-0.2, -0.15) is 0 Å². The van der Waals surface area contributed by atoms with Gasteiger partial charge >= 0.3 is 0 Å². The average molecular weight is 284 g/mol. The van der Waals surface area contributed by atoms with Crippen molar-refractivity contribution in [1.82, 2.24) is 0 Å². The number of benzene rings is 2. The van der Waals surface area contributed by atoms with Crippen LogP contribution in [0.5, 0.6) is 11.5 Å². The fraction of sp³-hybridized carbons (Fsp3) is 0.235. The predicted molar refractivity (Wildman–Crippen MR) is 84.6 cm³/mol. The van der Waals surface area contributed by atoms with E-state index in [9.17, 15) is 4.79 Å². The van der Waals surface area contributed by atoms with Crippen LogP contribution in [0.3, 0.4) is 0 Å². The minimum atomic E-state index is -0.507. The van der Waals surface area contributed by atoms with Crippen LogP contribution in [0, 0.1) is 0 Å². The number of anilines is 1. The van der Waals surface area contributed by atoms with Crippen molar-refractivity contribution in [3.05, 3.63) is 53.6 Å². The summed E-state index contributed by atoms with van der Waals surface area (Å²) in [5, 5.41) is 0. The molecule has 0 spiro atoms. The molecule has 21 heavy (non-hydrogen) atoms. The molecule has 110 valence electrons. The van der Waals surface area contributed by atoms with E-state index in [-0.39, 0.29) is 0 Å². The maximum Gasteiger partial charge on any atom is 0.248 e. The third kappa shape index (κ3) is 3.54. The molecule has 2 rings (SSSR count). The molecule has 0 fully saturated rings. The Kier molecular flexibility index (Phi) is 4.48. The van der Waals surface area contributed by atoms with Crippen molar-refractivity contribution >= 4 is 11.6 Å². The molecule has 0 aliphatic heterocycles. The molecule has 0 saturated heterocycles. The van der Waals surface area contributed by atoms with Gasteiger partial charge in [0.15, 0.2) is 5.75 Å². The number of hydrogen-bond acceptors (Lipinski definition) is 3. The Bertz CT molecular complexity index is 636. The molecule has 4 heteroatoms. The number of carbonyl (C=O) groups excluding carboxylic acids is 1. The zero-order valence-corrected chi connectivity index (χ0v) is 12.3. The van der Waals surface area contributed by atoms with Gasteiger partial charge in [-0.3, -0.25) is 4.79 Å². The molecule has 0 aromatic heterocycles. The number of nitrogen functional groups attached to an aromatic ring is 1. The minimum Gasteiger partial charge on any atom is -0.455 e. The molecule has 0 radical (unpaired) electrons. The van der Waals surface area contributed by atoms with E-state index in [1.54, 1.807) is 18.2 Å². The Hall–Kier alpha value is -2.49. The average Bonchev–Trinajstić information content (AvgIpc) is 2.49. The Morgan fingerprint density at radius 1 is 1.19 bits per heavy atom. The standard InChI is InChI=1S/C17H20N2O2/c1-3-11(2)12-4-7-14(8-5-12)21-16-10-13(17(19)20)6-9-15(16)18/h4-11H,3,18H2,1-2H3,(H2,19,20). The maximum atomic E-state index is 11.2. The molecule has 0 aliphatic rings. The van der Waals surface area contributed by atoms with Gasteiger partial charge in [0.05, 0.1) is 5.69 Å². The molecule has 2 aromatic carbocycles. The highest BCUT2D eigenvalue weighted by Crippen LogP contribution is 2.29. The van der Waals surface area contributed by atoms with Gasteiger partial charge in [-0.05, 0) is 48.2 Å². The van der Waals surface area contributed by atoms with Gasteiger partial charge in [0.1, 0.15) is 5.75 Å². The van der Waals surface area contributed by atoms with Crippen LogP contribution >= 0.6 is 0 Å². The summed E-state index contributed by atoms with van der Waals surface area (Å²) in [6, 6.07) is 12.6. The lowest BCUT2D eigenvalue weighted by molar-refractivity contribution is 0.1000. The van der Waals surface area contributed by atoms with E-state index in [0.29, 0.717) is 28.7 Å². The summed E-state index contributed by atoms with van der Waals surface area (Å²) in [4.78, 5) is 11.2. The van der Waals surface area contributed by atoms with Crippen molar-refractivity contribution in [1.29, 1.82) is 0 Å². The fourth-order valence-electron chi connectivity index (χ4n) is 2.00. The molecule has 2 aromatic rings. The number of nitrogens with two attached hydrogens (primary N) is 2. The van der Waals surface area contributed by atoms with Crippen LogP contribution < -0.4 is 16.2 Å². The van der Waals surface area contributed by atoms with Crippen LogP contribution in [0.1, 0.15) is 42.1 Å². The van der Waals surface area contributed by atoms with Crippen molar-refractivity contribution in [3.63, 3.8) is 0 Å². The summed E-state index contributed by atoms with van der Waals surface area (Å²) in [5.41, 5.74) is 13.2. The second kappa shape index (κ2) is 6.31. The van der Waals surface area contributed by atoms with Gasteiger partial charge < -0.3 is 16.2 Å². The van der Waals surface area contributed by atoms with Crippen molar-refractivity contribution in [2.24, 2.45) is 5.73 Å². The molecule has 0 aliphatic carbocycles. The van der Waals surface area contributed by atoms with Crippen LogP contribution in [0.2, 0.25) is 0 Å². The van der Waals surface area contributed by atoms with E-state index in [1.165, 1.54) is 5.56 Å². The third-order valence-corrected chi connectivity index (χ3v) is 3.59. The zero-order chi connectivity index (χ0) is 15.4. The van der Waals surface area contributed by atoms with E-state index in [1.807, 2.05) is 24.3 Å². The molecular weight excluding hydrogens is 264 g/mol. The molecule has 4 N–H and O–H groups in total. The van der Waals surface area contributed by atoms with E-state index < -0.39 is 5.91 Å². The number of rotatable bonds is 5. The van der Waals surface area contributed by atoms with Crippen molar-refractivity contribution < 1.29 is 9.53 Å². The van der Waals surface area contributed by atoms with Crippen molar-refractivity contribution in [2.75, 3.05) is 5.73 Å². The van der Waals surface area contributed by atoms with Crippen LogP contribution in [0.25, 0.3) is 0 Å². The minimum absolute atomic E-state index is 0.371. The quantitative estimate of drug-likeness (QED) is 0.822. The molecule has 0 bridgehead atoms. The smallest absolute Gasteiger partial charge is 0.248 e. The van der Waals surface area contributed by atoms with Gasteiger partial charge in [-0.15, -0.1) is 0 Å². The number of ether oxygens (including phenoxy) is 1. The Morgan fingerprint density at radius 3 is 2.43 bits per heavy atom. The van der Waals surface area contributed by atoms with Gasteiger partial charge in [0, 0.05) is 5.56 Å². The first-order chi connectivity index (χ1) is 10.0. The summed E-state index contributed by atoms with van der Waals surface area (Å²) in [5.74, 6) is 1.12. The van der Waals surface area contributed by atoms with E-state index in [0.717, 1.165) is 6.42 Å². The Morgan fingerprint density at radius 2 is 1.86 bits per heavy atom. The highest BCUT2D eigenvalue weighted by Gasteiger charge is 2.08. The van der Waals surface area contributed by atoms with Crippen molar-refractivity contribution in [2.45, 2.75) is 26.2 Å². The molecule has 0 heterocycles. The largest absolute Gasteiger partial charge is 0.455 e. The van der Waals surface area contributed by atoms with Crippen molar-refractivity contribution in [3.8, 4) is 11.5 Å². The van der Waals surface area contributed by atoms with Crippen LogP contribution in [0.4, 0.5) is 5.69 Å². The number of hydrogen-bond donors (Lipinski definition) is 2.